The lowest BCUT2D eigenvalue weighted by molar-refractivity contribution is -0.137. The second-order valence-electron chi connectivity index (χ2n) is 10.4. The highest BCUT2D eigenvalue weighted by atomic mass is 32.2. The van der Waals surface area contributed by atoms with Gasteiger partial charge in [-0.15, -0.1) is 0 Å². The Morgan fingerprint density at radius 1 is 0.957 bits per heavy atom. The molecule has 46 heavy (non-hydrogen) atoms. The summed E-state index contributed by atoms with van der Waals surface area (Å²) in [5.74, 6) is -0.258. The molecule has 4 aromatic rings. The number of rotatable bonds is 8. The van der Waals surface area contributed by atoms with Crippen molar-refractivity contribution >= 4 is 57.2 Å². The number of anilines is 3. The SMILES string of the molecule is O=C(N[C@H]1Nc2ccc(/C=C/c3cnc(Nc4ccc(S(=O)(=O)N5CCNCC5)cc4)nc3)cc2S1)c1cccc(C(F)(F)F)c1. The van der Waals surface area contributed by atoms with E-state index in [1.807, 2.05) is 30.4 Å². The van der Waals surface area contributed by atoms with Crippen LogP contribution in [0.25, 0.3) is 12.2 Å². The van der Waals surface area contributed by atoms with Crippen LogP contribution in [0.1, 0.15) is 27.0 Å². The molecule has 1 fully saturated rings. The van der Waals surface area contributed by atoms with Gasteiger partial charge in [0.2, 0.25) is 16.0 Å². The predicted molar refractivity (Wildman–Crippen MR) is 171 cm³/mol. The summed E-state index contributed by atoms with van der Waals surface area (Å²) in [4.78, 5) is 22.4. The van der Waals surface area contributed by atoms with Gasteiger partial charge in [0.1, 0.15) is 0 Å². The van der Waals surface area contributed by atoms with Gasteiger partial charge in [0.25, 0.3) is 5.91 Å². The van der Waals surface area contributed by atoms with Gasteiger partial charge in [-0.1, -0.05) is 36.0 Å². The van der Waals surface area contributed by atoms with E-state index in [1.54, 1.807) is 36.7 Å². The second-order valence-corrected chi connectivity index (χ2v) is 13.5. The first-order valence-electron chi connectivity index (χ1n) is 14.2. The molecule has 3 aromatic carbocycles. The average Bonchev–Trinajstić information content (AvgIpc) is 3.46. The molecule has 10 nitrogen and oxygen atoms in total. The van der Waals surface area contributed by atoms with Crippen molar-refractivity contribution in [1.29, 1.82) is 0 Å². The lowest BCUT2D eigenvalue weighted by atomic mass is 10.1. The van der Waals surface area contributed by atoms with Gasteiger partial charge in [0, 0.05) is 60.3 Å². The average molecular weight is 668 g/mol. The topological polar surface area (TPSA) is 128 Å². The van der Waals surface area contributed by atoms with Gasteiger partial charge in [-0.25, -0.2) is 18.4 Å². The lowest BCUT2D eigenvalue weighted by Gasteiger charge is -2.26. The van der Waals surface area contributed by atoms with Crippen LogP contribution in [0.15, 0.2) is 88.9 Å². The lowest BCUT2D eigenvalue weighted by Crippen LogP contribution is -2.46. The fraction of sp³-hybridized carbons (Fsp3) is 0.194. The number of hydrogen-bond acceptors (Lipinski definition) is 9. The van der Waals surface area contributed by atoms with Crippen molar-refractivity contribution in [2.75, 3.05) is 36.8 Å². The van der Waals surface area contributed by atoms with Crippen molar-refractivity contribution in [1.82, 2.24) is 24.9 Å². The van der Waals surface area contributed by atoms with Gasteiger partial charge >= 0.3 is 6.18 Å². The maximum atomic E-state index is 13.0. The Morgan fingerprint density at radius 2 is 1.67 bits per heavy atom. The van der Waals surface area contributed by atoms with E-state index in [4.69, 9.17) is 0 Å². The molecule has 15 heteroatoms. The molecule has 6 rings (SSSR count). The van der Waals surface area contributed by atoms with Crippen molar-refractivity contribution < 1.29 is 26.4 Å². The first-order valence-corrected chi connectivity index (χ1v) is 16.5. The Labute approximate surface area is 267 Å². The molecule has 2 aliphatic heterocycles. The first kappa shape index (κ1) is 31.5. The van der Waals surface area contributed by atoms with Crippen LogP contribution in [-0.2, 0) is 16.2 Å². The number of hydrogen-bond donors (Lipinski definition) is 4. The van der Waals surface area contributed by atoms with Gasteiger partial charge in [-0.2, -0.15) is 17.5 Å². The van der Waals surface area contributed by atoms with Crippen LogP contribution < -0.4 is 21.3 Å². The van der Waals surface area contributed by atoms with Crippen LogP contribution in [0.3, 0.4) is 0 Å². The summed E-state index contributed by atoms with van der Waals surface area (Å²) < 4.78 is 66.3. The van der Waals surface area contributed by atoms with E-state index in [0.29, 0.717) is 37.8 Å². The molecule has 1 amide bonds. The van der Waals surface area contributed by atoms with Crippen LogP contribution in [0.5, 0.6) is 0 Å². The Balaban J connectivity index is 1.03. The van der Waals surface area contributed by atoms with Gasteiger partial charge < -0.3 is 21.3 Å². The third kappa shape index (κ3) is 7.33. The standard InChI is InChI=1S/C31H28F3N7O3S2/c32-31(33,34)23-3-1-2-22(17-23)28(42)40-30-39-26-11-6-20(16-27(26)45-30)4-5-21-18-36-29(37-19-21)38-24-7-9-25(10-8-24)46(43,44)41-14-12-35-13-15-41/h1-11,16-19,30,35,39H,12-15H2,(H,40,42)(H,36,37,38)/b5-4+/t30-/m1/s1. The minimum atomic E-state index is -4.53. The minimum absolute atomic E-state index is 0.0741. The Kier molecular flexibility index (Phi) is 8.99. The van der Waals surface area contributed by atoms with Gasteiger partial charge in [-0.05, 0) is 60.2 Å². The number of thioether (sulfide) groups is 1. The molecule has 0 aliphatic carbocycles. The Hall–Kier alpha value is -4.44. The summed E-state index contributed by atoms with van der Waals surface area (Å²) in [6.07, 6.45) is 2.50. The quantitative estimate of drug-likeness (QED) is 0.200. The largest absolute Gasteiger partial charge is 0.416 e. The highest BCUT2D eigenvalue weighted by molar-refractivity contribution is 8.00. The van der Waals surface area contributed by atoms with Crippen LogP contribution in [0, 0.1) is 0 Å². The second kappa shape index (κ2) is 13.1. The van der Waals surface area contributed by atoms with E-state index in [1.165, 1.54) is 28.2 Å². The smallest absolute Gasteiger partial charge is 0.356 e. The number of sulfonamides is 1. The maximum absolute atomic E-state index is 13.0. The number of nitrogens with one attached hydrogen (secondary N) is 4. The Bertz CT molecular complexity index is 1860. The van der Waals surface area contributed by atoms with Crippen molar-refractivity contribution in [3.63, 3.8) is 0 Å². The fourth-order valence-electron chi connectivity index (χ4n) is 4.82. The summed E-state index contributed by atoms with van der Waals surface area (Å²) in [6.45, 7) is 2.14. The van der Waals surface area contributed by atoms with E-state index in [9.17, 15) is 26.4 Å². The zero-order valence-corrected chi connectivity index (χ0v) is 25.7. The predicted octanol–water partition coefficient (Wildman–Crippen LogP) is 5.23. The number of carbonyl (C=O) groups is 1. The van der Waals surface area contributed by atoms with E-state index < -0.39 is 33.2 Å². The molecule has 4 N–H and O–H groups in total. The number of nitrogens with zero attached hydrogens (tertiary/aromatic N) is 3. The minimum Gasteiger partial charge on any atom is -0.356 e. The molecule has 1 saturated heterocycles. The fourth-order valence-corrected chi connectivity index (χ4v) is 7.32. The van der Waals surface area contributed by atoms with E-state index in [0.717, 1.165) is 33.8 Å². The number of benzene rings is 3. The summed E-state index contributed by atoms with van der Waals surface area (Å²) >= 11 is 1.35. The van der Waals surface area contributed by atoms with Crippen LogP contribution in [0.2, 0.25) is 0 Å². The molecule has 1 aromatic heterocycles. The molecule has 0 radical (unpaired) electrons. The van der Waals surface area contributed by atoms with Crippen molar-refractivity contribution in [2.45, 2.75) is 21.5 Å². The summed E-state index contributed by atoms with van der Waals surface area (Å²) in [5.41, 5.74) is 1.58. The van der Waals surface area contributed by atoms with Gasteiger partial charge in [0.05, 0.1) is 16.1 Å². The van der Waals surface area contributed by atoms with E-state index >= 15 is 0 Å². The highest BCUT2D eigenvalue weighted by Crippen LogP contribution is 2.38. The number of alkyl halides is 3. The van der Waals surface area contributed by atoms with Crippen LogP contribution >= 0.6 is 11.8 Å². The summed E-state index contributed by atoms with van der Waals surface area (Å²) in [5, 5.41) is 12.1. The van der Waals surface area contributed by atoms with Crippen molar-refractivity contribution in [2.24, 2.45) is 0 Å². The number of aromatic nitrogens is 2. The van der Waals surface area contributed by atoms with E-state index in [-0.39, 0.29) is 10.5 Å². The molecular weight excluding hydrogens is 640 g/mol. The molecule has 3 heterocycles. The molecule has 0 spiro atoms. The number of fused-ring (bicyclic) bond motifs is 1. The van der Waals surface area contributed by atoms with Crippen molar-refractivity contribution in [3.8, 4) is 0 Å². The normalized spacial score (nSPS) is 17.0. The number of amides is 1. The van der Waals surface area contributed by atoms with Crippen LogP contribution in [-0.4, -0.2) is 60.3 Å². The van der Waals surface area contributed by atoms with Gasteiger partial charge in [-0.3, -0.25) is 4.79 Å². The number of carbonyl (C=O) groups excluding carboxylic acids is 1. The van der Waals surface area contributed by atoms with Gasteiger partial charge in [0.15, 0.2) is 5.50 Å². The molecule has 2 aliphatic rings. The zero-order valence-electron chi connectivity index (χ0n) is 24.1. The van der Waals surface area contributed by atoms with E-state index in [2.05, 4.69) is 31.2 Å². The third-order valence-corrected chi connectivity index (χ3v) is 10.2. The molecule has 1 atom stereocenters. The highest BCUT2D eigenvalue weighted by Gasteiger charge is 2.31. The third-order valence-electron chi connectivity index (χ3n) is 7.22. The molecule has 238 valence electrons. The van der Waals surface area contributed by atoms with Crippen molar-refractivity contribution in [3.05, 3.63) is 101 Å². The Morgan fingerprint density at radius 3 is 2.39 bits per heavy atom. The number of piperazine rings is 1. The number of halogens is 3. The van der Waals surface area contributed by atoms with Crippen LogP contribution in [0.4, 0.5) is 30.5 Å². The summed E-state index contributed by atoms with van der Waals surface area (Å²) in [7, 11) is -3.54. The first-order chi connectivity index (χ1) is 22.0. The zero-order chi connectivity index (χ0) is 32.3. The molecular formula is C31H28F3N7O3S2. The molecule has 0 unspecified atom stereocenters. The monoisotopic (exact) mass is 667 g/mol. The molecule has 0 bridgehead atoms. The molecule has 0 saturated carbocycles. The summed E-state index contributed by atoms with van der Waals surface area (Å²) in [6, 6.07) is 16.5. The maximum Gasteiger partial charge on any atom is 0.416 e.